The second-order valence-electron chi connectivity index (χ2n) is 6.98. The Morgan fingerprint density at radius 1 is 1.28 bits per heavy atom. The van der Waals surface area contributed by atoms with E-state index in [1.54, 1.807) is 0 Å². The fraction of sp³-hybridized carbons (Fsp3) is 0.684. The Balaban J connectivity index is 1.53. The van der Waals surface area contributed by atoms with Crippen molar-refractivity contribution in [3.05, 3.63) is 23.9 Å². The number of aliphatic hydroxyl groups is 1. The topological polar surface area (TPSA) is 74.7 Å². The number of anilines is 1. The summed E-state index contributed by atoms with van der Waals surface area (Å²) in [5.41, 5.74) is 1.01. The number of aliphatic hydroxyl groups excluding tert-OH is 1. The van der Waals surface area contributed by atoms with Crippen LogP contribution in [-0.4, -0.2) is 48.4 Å². The van der Waals surface area contributed by atoms with Crippen molar-refractivity contribution in [2.75, 3.05) is 31.3 Å². The maximum atomic E-state index is 12.2. The first-order valence-electron chi connectivity index (χ1n) is 9.46. The van der Waals surface area contributed by atoms with Crippen LogP contribution in [0.5, 0.6) is 0 Å². The summed E-state index contributed by atoms with van der Waals surface area (Å²) in [7, 11) is 0. The number of piperidine rings is 1. The Morgan fingerprint density at radius 3 is 2.84 bits per heavy atom. The molecule has 0 bridgehead atoms. The van der Waals surface area contributed by atoms with Crippen molar-refractivity contribution < 1.29 is 14.6 Å². The van der Waals surface area contributed by atoms with Crippen LogP contribution >= 0.6 is 0 Å². The molecule has 25 heavy (non-hydrogen) atoms. The molecule has 1 aromatic heterocycles. The van der Waals surface area contributed by atoms with E-state index >= 15 is 0 Å². The Morgan fingerprint density at radius 2 is 2.12 bits per heavy atom. The normalized spacial score (nSPS) is 22.0. The molecule has 3 rings (SSSR count). The highest BCUT2D eigenvalue weighted by atomic mass is 16.5. The fourth-order valence-electron chi connectivity index (χ4n) is 3.74. The van der Waals surface area contributed by atoms with Gasteiger partial charge in [-0.2, -0.15) is 0 Å². The van der Waals surface area contributed by atoms with E-state index in [4.69, 9.17) is 4.74 Å². The van der Waals surface area contributed by atoms with Crippen LogP contribution in [0.3, 0.4) is 0 Å². The number of ether oxygens (including phenoxy) is 1. The van der Waals surface area contributed by atoms with E-state index in [2.05, 4.69) is 15.2 Å². The smallest absolute Gasteiger partial charge is 0.223 e. The zero-order chi connectivity index (χ0) is 17.5. The predicted molar refractivity (Wildman–Crippen MR) is 96.3 cm³/mol. The lowest BCUT2D eigenvalue weighted by molar-refractivity contribution is -0.128. The molecule has 6 heteroatoms. The number of nitrogens with zero attached hydrogens (tertiary/aromatic N) is 2. The van der Waals surface area contributed by atoms with Gasteiger partial charge in [-0.15, -0.1) is 0 Å². The molecular weight excluding hydrogens is 318 g/mol. The van der Waals surface area contributed by atoms with E-state index in [-0.39, 0.29) is 18.4 Å². The molecular formula is C19H29N3O3. The van der Waals surface area contributed by atoms with Crippen molar-refractivity contribution in [1.29, 1.82) is 0 Å². The van der Waals surface area contributed by atoms with Gasteiger partial charge in [0.15, 0.2) is 0 Å². The highest BCUT2D eigenvalue weighted by molar-refractivity contribution is 5.78. The summed E-state index contributed by atoms with van der Waals surface area (Å²) in [6.07, 6.45) is 7.78. The van der Waals surface area contributed by atoms with Gasteiger partial charge in [0.05, 0.1) is 0 Å². The minimum Gasteiger partial charge on any atom is -0.396 e. The Kier molecular flexibility index (Phi) is 6.64. The van der Waals surface area contributed by atoms with Crippen LogP contribution in [0.25, 0.3) is 0 Å². The number of hydrogen-bond donors (Lipinski definition) is 2. The molecule has 0 aliphatic carbocycles. The Labute approximate surface area is 149 Å². The van der Waals surface area contributed by atoms with Gasteiger partial charge >= 0.3 is 0 Å². The first kappa shape index (κ1) is 18.1. The van der Waals surface area contributed by atoms with Crippen LogP contribution in [0, 0.1) is 5.92 Å². The van der Waals surface area contributed by atoms with E-state index in [0.717, 1.165) is 43.6 Å². The van der Waals surface area contributed by atoms with Gasteiger partial charge in [-0.05, 0) is 50.2 Å². The van der Waals surface area contributed by atoms with Gasteiger partial charge < -0.3 is 20.1 Å². The maximum Gasteiger partial charge on any atom is 0.223 e. The Hall–Kier alpha value is -1.66. The van der Waals surface area contributed by atoms with Crippen molar-refractivity contribution in [3.8, 4) is 0 Å². The lowest BCUT2D eigenvalue weighted by atomic mass is 9.99. The zero-order valence-electron chi connectivity index (χ0n) is 14.8. The molecule has 2 fully saturated rings. The number of amides is 1. The predicted octanol–water partition coefficient (Wildman–Crippen LogP) is 1.87. The molecule has 1 aromatic rings. The molecule has 2 aliphatic rings. The van der Waals surface area contributed by atoms with Crippen LogP contribution in [0.4, 0.5) is 5.82 Å². The monoisotopic (exact) mass is 347 g/mol. The minimum atomic E-state index is 0.0774. The molecule has 1 atom stereocenters. The van der Waals surface area contributed by atoms with E-state index in [1.165, 1.54) is 12.8 Å². The summed E-state index contributed by atoms with van der Waals surface area (Å²) in [6, 6.07) is 4.45. The molecule has 2 saturated heterocycles. The van der Waals surface area contributed by atoms with E-state index in [0.29, 0.717) is 25.8 Å². The van der Waals surface area contributed by atoms with Crippen molar-refractivity contribution >= 4 is 11.7 Å². The highest BCUT2D eigenvalue weighted by Crippen LogP contribution is 2.25. The summed E-state index contributed by atoms with van der Waals surface area (Å²) >= 11 is 0. The molecule has 3 heterocycles. The summed E-state index contributed by atoms with van der Waals surface area (Å²) < 4.78 is 5.30. The first-order chi connectivity index (χ1) is 12.3. The van der Waals surface area contributed by atoms with Crippen molar-refractivity contribution in [2.24, 2.45) is 5.92 Å². The number of aromatic nitrogens is 1. The van der Waals surface area contributed by atoms with Crippen LogP contribution in [0.15, 0.2) is 18.3 Å². The molecule has 0 aromatic carbocycles. The van der Waals surface area contributed by atoms with Crippen molar-refractivity contribution in [1.82, 2.24) is 10.3 Å². The van der Waals surface area contributed by atoms with Gasteiger partial charge in [0.2, 0.25) is 5.91 Å². The van der Waals surface area contributed by atoms with E-state index < -0.39 is 0 Å². The van der Waals surface area contributed by atoms with Crippen LogP contribution in [0.1, 0.15) is 44.1 Å². The van der Waals surface area contributed by atoms with Gasteiger partial charge in [0, 0.05) is 51.1 Å². The van der Waals surface area contributed by atoms with E-state index in [1.807, 2.05) is 18.3 Å². The fourth-order valence-corrected chi connectivity index (χ4v) is 3.74. The molecule has 1 unspecified atom stereocenters. The molecule has 138 valence electrons. The molecule has 6 nitrogen and oxygen atoms in total. The lowest BCUT2D eigenvalue weighted by Crippen LogP contribution is -2.40. The number of rotatable bonds is 6. The van der Waals surface area contributed by atoms with Crippen molar-refractivity contribution in [3.63, 3.8) is 0 Å². The third-order valence-electron chi connectivity index (χ3n) is 5.25. The summed E-state index contributed by atoms with van der Waals surface area (Å²) in [6.45, 7) is 3.09. The molecule has 1 amide bonds. The standard InChI is InChI=1S/C19H29N3O3/c23-10-6-17-3-1-2-9-22(17)18-5-4-15(13-20-18)14-21-19(24)16-7-11-25-12-8-16/h4-5,13,16-17,23H,1-3,6-12,14H2,(H,21,24). The average molecular weight is 347 g/mol. The third kappa shape index (κ3) is 4.92. The molecule has 2 aliphatic heterocycles. The van der Waals surface area contributed by atoms with Crippen LogP contribution < -0.4 is 10.2 Å². The quantitative estimate of drug-likeness (QED) is 0.822. The van der Waals surface area contributed by atoms with Gasteiger partial charge in [-0.3, -0.25) is 4.79 Å². The SMILES string of the molecule is O=C(NCc1ccc(N2CCCCC2CCO)nc1)C1CCOCC1. The lowest BCUT2D eigenvalue weighted by Gasteiger charge is -2.36. The van der Waals surface area contributed by atoms with E-state index in [9.17, 15) is 9.90 Å². The minimum absolute atomic E-state index is 0.0774. The van der Waals surface area contributed by atoms with Gasteiger partial charge in [0.1, 0.15) is 5.82 Å². The van der Waals surface area contributed by atoms with Crippen LogP contribution in [0.2, 0.25) is 0 Å². The largest absolute Gasteiger partial charge is 0.396 e. The summed E-state index contributed by atoms with van der Waals surface area (Å²) in [5.74, 6) is 1.16. The third-order valence-corrected chi connectivity index (χ3v) is 5.25. The van der Waals surface area contributed by atoms with Crippen molar-refractivity contribution in [2.45, 2.75) is 51.1 Å². The maximum absolute atomic E-state index is 12.2. The highest BCUT2D eigenvalue weighted by Gasteiger charge is 2.23. The molecule has 0 spiro atoms. The van der Waals surface area contributed by atoms with Gasteiger partial charge in [-0.1, -0.05) is 6.07 Å². The Bertz CT molecular complexity index is 541. The molecule has 0 radical (unpaired) electrons. The number of carbonyl (C=O) groups is 1. The number of hydrogen-bond acceptors (Lipinski definition) is 5. The second kappa shape index (κ2) is 9.15. The molecule has 0 saturated carbocycles. The molecule has 2 N–H and O–H groups in total. The number of carbonyl (C=O) groups excluding carboxylic acids is 1. The summed E-state index contributed by atoms with van der Waals surface area (Å²) in [4.78, 5) is 19.1. The van der Waals surface area contributed by atoms with Gasteiger partial charge in [0.25, 0.3) is 0 Å². The van der Waals surface area contributed by atoms with Crippen LogP contribution in [-0.2, 0) is 16.1 Å². The van der Waals surface area contributed by atoms with Gasteiger partial charge in [-0.25, -0.2) is 4.98 Å². The summed E-state index contributed by atoms with van der Waals surface area (Å²) in [5, 5.41) is 12.3. The number of nitrogens with one attached hydrogen (secondary N) is 1. The number of pyridine rings is 1. The zero-order valence-corrected chi connectivity index (χ0v) is 14.8. The average Bonchev–Trinajstić information content (AvgIpc) is 2.68. The first-order valence-corrected chi connectivity index (χ1v) is 9.46. The second-order valence-corrected chi connectivity index (χ2v) is 6.98.